The number of rotatable bonds is 7. The summed E-state index contributed by atoms with van der Waals surface area (Å²) < 4.78 is 6.56. The standard InChI is InChI=1S/C52H35NO/c1-2-12-36(13-3-1)37-26-30-44(31-27-37)53(50-24-11-23-49-48-21-6-7-25-51(48)54-52(49)50)45-32-28-38(29-33-45)40-16-8-17-41(34-40)42-18-9-19-43(35-42)47-22-10-15-39-14-4-5-20-46(39)47/h1-35H. The van der Waals surface area contributed by atoms with E-state index >= 15 is 0 Å². The second-order valence-corrected chi connectivity index (χ2v) is 13.7. The third-order valence-electron chi connectivity index (χ3n) is 10.5. The van der Waals surface area contributed by atoms with Crippen molar-refractivity contribution < 1.29 is 4.42 Å². The Bertz CT molecular complexity index is 2920. The van der Waals surface area contributed by atoms with E-state index in [2.05, 4.69) is 205 Å². The molecule has 0 amide bonds. The summed E-state index contributed by atoms with van der Waals surface area (Å²) in [6.45, 7) is 0. The number of furan rings is 1. The molecule has 0 saturated carbocycles. The van der Waals surface area contributed by atoms with Gasteiger partial charge in [0.1, 0.15) is 5.58 Å². The Morgan fingerprint density at radius 2 is 0.796 bits per heavy atom. The average Bonchev–Trinajstić information content (AvgIpc) is 3.64. The second kappa shape index (κ2) is 13.4. The summed E-state index contributed by atoms with van der Waals surface area (Å²) in [5, 5.41) is 4.74. The van der Waals surface area contributed by atoms with Crippen LogP contribution in [0.3, 0.4) is 0 Å². The van der Waals surface area contributed by atoms with Gasteiger partial charge in [-0.25, -0.2) is 0 Å². The maximum absolute atomic E-state index is 6.56. The van der Waals surface area contributed by atoms with Gasteiger partial charge in [-0.15, -0.1) is 0 Å². The molecule has 254 valence electrons. The predicted octanol–water partition coefficient (Wildman–Crippen LogP) is 14.9. The molecule has 1 heterocycles. The van der Waals surface area contributed by atoms with E-state index in [9.17, 15) is 0 Å². The maximum Gasteiger partial charge on any atom is 0.159 e. The molecule has 0 aliphatic carbocycles. The topological polar surface area (TPSA) is 16.4 Å². The summed E-state index contributed by atoms with van der Waals surface area (Å²) in [6.07, 6.45) is 0. The Balaban J connectivity index is 1.03. The van der Waals surface area contributed by atoms with E-state index in [-0.39, 0.29) is 0 Å². The number of hydrogen-bond donors (Lipinski definition) is 0. The fraction of sp³-hybridized carbons (Fsp3) is 0. The molecular formula is C52H35NO. The molecule has 0 bridgehead atoms. The number of anilines is 3. The molecule has 0 aliphatic heterocycles. The van der Waals surface area contributed by atoms with E-state index < -0.39 is 0 Å². The van der Waals surface area contributed by atoms with Gasteiger partial charge in [-0.2, -0.15) is 0 Å². The summed E-state index contributed by atoms with van der Waals surface area (Å²) in [7, 11) is 0. The lowest BCUT2D eigenvalue weighted by molar-refractivity contribution is 0.669. The van der Waals surface area contributed by atoms with Crippen molar-refractivity contribution in [2.75, 3.05) is 4.90 Å². The van der Waals surface area contributed by atoms with Gasteiger partial charge in [0.15, 0.2) is 5.58 Å². The third-order valence-corrected chi connectivity index (χ3v) is 10.5. The molecule has 0 unspecified atom stereocenters. The largest absolute Gasteiger partial charge is 0.454 e. The molecule has 0 saturated heterocycles. The molecule has 0 atom stereocenters. The summed E-state index contributed by atoms with van der Waals surface area (Å²) in [5.74, 6) is 0. The van der Waals surface area contributed by atoms with Gasteiger partial charge in [0, 0.05) is 22.1 Å². The lowest BCUT2D eigenvalue weighted by Gasteiger charge is -2.26. The summed E-state index contributed by atoms with van der Waals surface area (Å²) in [4.78, 5) is 2.30. The zero-order chi connectivity index (χ0) is 35.8. The molecule has 0 aliphatic rings. The highest BCUT2D eigenvalue weighted by Gasteiger charge is 2.19. The smallest absolute Gasteiger partial charge is 0.159 e. The fourth-order valence-corrected chi connectivity index (χ4v) is 7.79. The van der Waals surface area contributed by atoms with Crippen molar-refractivity contribution in [3.63, 3.8) is 0 Å². The number of hydrogen-bond acceptors (Lipinski definition) is 2. The van der Waals surface area contributed by atoms with Crippen LogP contribution in [-0.4, -0.2) is 0 Å². The summed E-state index contributed by atoms with van der Waals surface area (Å²) in [5.41, 5.74) is 14.4. The van der Waals surface area contributed by atoms with Crippen molar-refractivity contribution in [1.82, 2.24) is 0 Å². The van der Waals surface area contributed by atoms with Crippen LogP contribution in [0.1, 0.15) is 0 Å². The molecule has 10 aromatic rings. The van der Waals surface area contributed by atoms with Gasteiger partial charge >= 0.3 is 0 Å². The lowest BCUT2D eigenvalue weighted by atomic mass is 9.94. The lowest BCUT2D eigenvalue weighted by Crippen LogP contribution is -2.10. The van der Waals surface area contributed by atoms with Crippen LogP contribution in [0.5, 0.6) is 0 Å². The monoisotopic (exact) mass is 689 g/mol. The van der Waals surface area contributed by atoms with E-state index in [4.69, 9.17) is 4.42 Å². The number of para-hydroxylation sites is 2. The zero-order valence-electron chi connectivity index (χ0n) is 29.6. The van der Waals surface area contributed by atoms with Gasteiger partial charge in [0.2, 0.25) is 0 Å². The molecule has 9 aromatic carbocycles. The minimum Gasteiger partial charge on any atom is -0.454 e. The first-order valence-electron chi connectivity index (χ1n) is 18.4. The maximum atomic E-state index is 6.56. The minimum absolute atomic E-state index is 0.869. The van der Waals surface area contributed by atoms with Crippen LogP contribution < -0.4 is 4.90 Å². The van der Waals surface area contributed by atoms with Gasteiger partial charge in [-0.1, -0.05) is 164 Å². The highest BCUT2D eigenvalue weighted by molar-refractivity contribution is 6.10. The van der Waals surface area contributed by atoms with E-state index in [1.807, 2.05) is 12.1 Å². The van der Waals surface area contributed by atoms with E-state index in [0.717, 1.165) is 44.6 Å². The van der Waals surface area contributed by atoms with Crippen LogP contribution in [0.2, 0.25) is 0 Å². The zero-order valence-corrected chi connectivity index (χ0v) is 29.6. The Morgan fingerprint density at radius 1 is 0.315 bits per heavy atom. The molecule has 2 nitrogen and oxygen atoms in total. The Morgan fingerprint density at radius 3 is 1.54 bits per heavy atom. The van der Waals surface area contributed by atoms with Crippen LogP contribution in [0.4, 0.5) is 17.1 Å². The van der Waals surface area contributed by atoms with Crippen LogP contribution in [0.15, 0.2) is 217 Å². The quantitative estimate of drug-likeness (QED) is 0.166. The minimum atomic E-state index is 0.869. The molecule has 0 radical (unpaired) electrons. The molecule has 10 rings (SSSR count). The molecular weight excluding hydrogens is 655 g/mol. The summed E-state index contributed by atoms with van der Waals surface area (Å²) in [6, 6.07) is 75.8. The molecule has 0 fully saturated rings. The third kappa shape index (κ3) is 5.71. The van der Waals surface area contributed by atoms with Crippen LogP contribution >= 0.6 is 0 Å². The Hall–Kier alpha value is -7.16. The van der Waals surface area contributed by atoms with Crippen molar-refractivity contribution >= 4 is 49.8 Å². The normalized spacial score (nSPS) is 11.3. The molecule has 2 heteroatoms. The average molecular weight is 690 g/mol. The fourth-order valence-electron chi connectivity index (χ4n) is 7.79. The van der Waals surface area contributed by atoms with Gasteiger partial charge in [-0.3, -0.25) is 0 Å². The number of benzene rings is 9. The first-order chi connectivity index (χ1) is 26.8. The van der Waals surface area contributed by atoms with Crippen molar-refractivity contribution in [1.29, 1.82) is 0 Å². The van der Waals surface area contributed by atoms with Gasteiger partial charge in [0.05, 0.1) is 5.69 Å². The number of fused-ring (bicyclic) bond motifs is 4. The van der Waals surface area contributed by atoms with E-state index in [0.29, 0.717) is 0 Å². The number of nitrogens with zero attached hydrogens (tertiary/aromatic N) is 1. The van der Waals surface area contributed by atoms with Crippen LogP contribution in [0, 0.1) is 0 Å². The Kier molecular flexibility index (Phi) is 7.85. The highest BCUT2D eigenvalue weighted by atomic mass is 16.3. The predicted molar refractivity (Wildman–Crippen MR) is 228 cm³/mol. The van der Waals surface area contributed by atoms with E-state index in [1.165, 1.54) is 49.7 Å². The molecule has 0 N–H and O–H groups in total. The van der Waals surface area contributed by atoms with Gasteiger partial charge < -0.3 is 9.32 Å². The van der Waals surface area contributed by atoms with Gasteiger partial charge in [0.25, 0.3) is 0 Å². The molecule has 0 spiro atoms. The van der Waals surface area contributed by atoms with Crippen molar-refractivity contribution in [3.8, 4) is 44.5 Å². The summed E-state index contributed by atoms with van der Waals surface area (Å²) >= 11 is 0. The highest BCUT2D eigenvalue weighted by Crippen LogP contribution is 2.43. The van der Waals surface area contributed by atoms with Crippen molar-refractivity contribution in [2.24, 2.45) is 0 Å². The SMILES string of the molecule is c1ccc(-c2ccc(N(c3ccc(-c4cccc(-c5cccc(-c6cccc7ccccc67)c5)c4)cc3)c3cccc4c3oc3ccccc34)cc2)cc1. The van der Waals surface area contributed by atoms with Gasteiger partial charge in [-0.05, 0) is 104 Å². The van der Waals surface area contributed by atoms with Crippen LogP contribution in [-0.2, 0) is 0 Å². The van der Waals surface area contributed by atoms with Crippen molar-refractivity contribution in [3.05, 3.63) is 212 Å². The van der Waals surface area contributed by atoms with Crippen molar-refractivity contribution in [2.45, 2.75) is 0 Å². The molecule has 54 heavy (non-hydrogen) atoms. The van der Waals surface area contributed by atoms with Crippen LogP contribution in [0.25, 0.3) is 77.2 Å². The molecule has 1 aromatic heterocycles. The first-order valence-corrected chi connectivity index (χ1v) is 18.4. The first kappa shape index (κ1) is 31.6. The Labute approximate surface area is 314 Å². The second-order valence-electron chi connectivity index (χ2n) is 13.7. The van der Waals surface area contributed by atoms with E-state index in [1.54, 1.807) is 0 Å².